The van der Waals surface area contributed by atoms with E-state index in [-0.39, 0.29) is 18.6 Å². The van der Waals surface area contributed by atoms with Crippen molar-refractivity contribution >= 4 is 11.9 Å². The van der Waals surface area contributed by atoms with Crippen molar-refractivity contribution in [1.82, 2.24) is 15.5 Å². The molecule has 1 saturated heterocycles. The Morgan fingerprint density at radius 1 is 1.28 bits per heavy atom. The number of guanidine groups is 1. The Labute approximate surface area is 152 Å². The monoisotopic (exact) mass is 356 g/mol. The molecule has 0 aromatic rings. The highest BCUT2D eigenvalue weighted by Crippen LogP contribution is 2.11. The summed E-state index contributed by atoms with van der Waals surface area (Å²) in [6.45, 7) is 8.08. The molecule has 0 aromatic carbocycles. The molecule has 1 rings (SSSR count). The van der Waals surface area contributed by atoms with E-state index in [9.17, 15) is 4.79 Å². The van der Waals surface area contributed by atoms with E-state index in [0.717, 1.165) is 32.5 Å². The van der Waals surface area contributed by atoms with Crippen LogP contribution in [0.5, 0.6) is 0 Å². The summed E-state index contributed by atoms with van der Waals surface area (Å²) in [6, 6.07) is 0. The summed E-state index contributed by atoms with van der Waals surface area (Å²) >= 11 is 0. The van der Waals surface area contributed by atoms with Gasteiger partial charge in [-0.15, -0.1) is 0 Å². The second kappa shape index (κ2) is 12.9. The van der Waals surface area contributed by atoms with Crippen LogP contribution in [0.25, 0.3) is 0 Å². The Bertz CT molecular complexity index is 394. The normalized spacial score (nSPS) is 18.3. The maximum Gasteiger partial charge on any atom is 0.243 e. The van der Waals surface area contributed by atoms with Crippen LogP contribution in [0.3, 0.4) is 0 Å². The second-order valence-corrected chi connectivity index (χ2v) is 7.04. The minimum Gasteiger partial charge on any atom is -0.380 e. The average Bonchev–Trinajstić information content (AvgIpc) is 2.59. The van der Waals surface area contributed by atoms with E-state index in [0.29, 0.717) is 31.6 Å². The highest BCUT2D eigenvalue weighted by atomic mass is 16.5. The van der Waals surface area contributed by atoms with Gasteiger partial charge in [0.2, 0.25) is 5.91 Å². The van der Waals surface area contributed by atoms with Gasteiger partial charge in [-0.1, -0.05) is 13.8 Å². The molecule has 7 nitrogen and oxygen atoms in total. The largest absolute Gasteiger partial charge is 0.380 e. The molecule has 25 heavy (non-hydrogen) atoms. The van der Waals surface area contributed by atoms with Crippen LogP contribution in [-0.2, 0) is 14.3 Å². The summed E-state index contributed by atoms with van der Waals surface area (Å²) in [6.07, 6.45) is 4.69. The van der Waals surface area contributed by atoms with Crippen molar-refractivity contribution in [1.29, 1.82) is 0 Å². The number of aliphatic imine (C=N–C) groups is 1. The van der Waals surface area contributed by atoms with Gasteiger partial charge in [-0.3, -0.25) is 4.79 Å². The Morgan fingerprint density at radius 3 is 2.72 bits per heavy atom. The molecular formula is C18H36N4O3. The SMILES string of the molecule is CC(C)CCOCCNC(=NCC(=O)N(C)C)NCC1CCCCO1. The van der Waals surface area contributed by atoms with Crippen LogP contribution >= 0.6 is 0 Å². The lowest BCUT2D eigenvalue weighted by Gasteiger charge is -2.24. The molecule has 1 fully saturated rings. The fourth-order valence-electron chi connectivity index (χ4n) is 2.30. The van der Waals surface area contributed by atoms with E-state index in [2.05, 4.69) is 29.5 Å². The van der Waals surface area contributed by atoms with E-state index in [4.69, 9.17) is 9.47 Å². The van der Waals surface area contributed by atoms with Gasteiger partial charge in [0, 0.05) is 40.4 Å². The number of nitrogens with zero attached hydrogens (tertiary/aromatic N) is 2. The van der Waals surface area contributed by atoms with Gasteiger partial charge in [-0.05, 0) is 31.6 Å². The third-order valence-corrected chi connectivity index (χ3v) is 4.02. The predicted octanol–water partition coefficient (Wildman–Crippen LogP) is 1.24. The Hall–Kier alpha value is -1.34. The van der Waals surface area contributed by atoms with Gasteiger partial charge in [0.25, 0.3) is 0 Å². The predicted molar refractivity (Wildman–Crippen MR) is 101 cm³/mol. The minimum atomic E-state index is -0.0248. The zero-order valence-electron chi connectivity index (χ0n) is 16.3. The lowest BCUT2D eigenvalue weighted by atomic mass is 10.1. The topological polar surface area (TPSA) is 75.2 Å². The van der Waals surface area contributed by atoms with Crippen molar-refractivity contribution in [2.75, 3.05) is 53.6 Å². The number of carbonyl (C=O) groups is 1. The number of rotatable bonds is 10. The Kier molecular flexibility index (Phi) is 11.2. The van der Waals surface area contributed by atoms with Crippen LogP contribution in [0.2, 0.25) is 0 Å². The quantitative estimate of drug-likeness (QED) is 0.350. The number of ether oxygens (including phenoxy) is 2. The van der Waals surface area contributed by atoms with E-state index in [1.54, 1.807) is 19.0 Å². The number of hydrogen-bond acceptors (Lipinski definition) is 4. The standard InChI is InChI=1S/C18H36N4O3/c1-15(2)8-11-24-12-9-19-18(21-14-17(23)22(3)4)20-13-16-7-5-6-10-25-16/h15-16H,5-14H2,1-4H3,(H2,19,20,21). The van der Waals surface area contributed by atoms with Crippen LogP contribution in [0, 0.1) is 5.92 Å². The zero-order chi connectivity index (χ0) is 18.5. The molecule has 1 aliphatic heterocycles. The van der Waals surface area contributed by atoms with E-state index in [1.807, 2.05) is 0 Å². The molecule has 1 heterocycles. The second-order valence-electron chi connectivity index (χ2n) is 7.04. The van der Waals surface area contributed by atoms with Crippen molar-refractivity contribution < 1.29 is 14.3 Å². The van der Waals surface area contributed by atoms with Crippen molar-refractivity contribution in [3.8, 4) is 0 Å². The van der Waals surface area contributed by atoms with Crippen molar-refractivity contribution in [2.45, 2.75) is 45.6 Å². The highest BCUT2D eigenvalue weighted by molar-refractivity contribution is 5.84. The molecule has 1 amide bonds. The number of likely N-dealkylation sites (N-methyl/N-ethyl adjacent to an activating group) is 1. The molecule has 0 aromatic heterocycles. The molecule has 146 valence electrons. The number of nitrogens with one attached hydrogen (secondary N) is 2. The molecule has 0 spiro atoms. The minimum absolute atomic E-state index is 0.0248. The van der Waals surface area contributed by atoms with E-state index >= 15 is 0 Å². The molecule has 1 atom stereocenters. The average molecular weight is 357 g/mol. The number of amides is 1. The van der Waals surface area contributed by atoms with E-state index < -0.39 is 0 Å². The maximum atomic E-state index is 11.7. The first-order valence-corrected chi connectivity index (χ1v) is 9.40. The van der Waals surface area contributed by atoms with Gasteiger partial charge in [0.15, 0.2) is 5.96 Å². The first-order valence-electron chi connectivity index (χ1n) is 9.40. The molecule has 2 N–H and O–H groups in total. The van der Waals surface area contributed by atoms with Crippen molar-refractivity contribution in [2.24, 2.45) is 10.9 Å². The third kappa shape index (κ3) is 11.0. The zero-order valence-corrected chi connectivity index (χ0v) is 16.3. The van der Waals surface area contributed by atoms with Crippen LogP contribution in [0.1, 0.15) is 39.5 Å². The molecule has 0 radical (unpaired) electrons. The number of hydrogen-bond donors (Lipinski definition) is 2. The van der Waals surface area contributed by atoms with Gasteiger partial charge in [-0.25, -0.2) is 4.99 Å². The van der Waals surface area contributed by atoms with Crippen LogP contribution in [0.4, 0.5) is 0 Å². The Morgan fingerprint density at radius 2 is 2.08 bits per heavy atom. The summed E-state index contributed by atoms with van der Waals surface area (Å²) in [7, 11) is 3.47. The molecule has 1 aliphatic rings. The summed E-state index contributed by atoms with van der Waals surface area (Å²) in [5.41, 5.74) is 0. The number of carbonyl (C=O) groups excluding carboxylic acids is 1. The Balaban J connectivity index is 2.35. The van der Waals surface area contributed by atoms with Crippen LogP contribution in [-0.4, -0.2) is 76.4 Å². The fourth-order valence-corrected chi connectivity index (χ4v) is 2.30. The third-order valence-electron chi connectivity index (χ3n) is 4.02. The lowest BCUT2D eigenvalue weighted by molar-refractivity contribution is -0.127. The molecule has 0 bridgehead atoms. The van der Waals surface area contributed by atoms with Crippen LogP contribution < -0.4 is 10.6 Å². The van der Waals surface area contributed by atoms with Gasteiger partial charge in [-0.2, -0.15) is 0 Å². The molecular weight excluding hydrogens is 320 g/mol. The first-order chi connectivity index (χ1) is 12.0. The van der Waals surface area contributed by atoms with Gasteiger partial charge in [0.1, 0.15) is 6.54 Å². The fraction of sp³-hybridized carbons (Fsp3) is 0.889. The van der Waals surface area contributed by atoms with Gasteiger partial charge >= 0.3 is 0 Å². The molecule has 0 saturated carbocycles. The highest BCUT2D eigenvalue weighted by Gasteiger charge is 2.14. The summed E-state index contributed by atoms with van der Waals surface area (Å²) in [5, 5.41) is 6.51. The van der Waals surface area contributed by atoms with Crippen molar-refractivity contribution in [3.63, 3.8) is 0 Å². The van der Waals surface area contributed by atoms with Crippen LogP contribution in [0.15, 0.2) is 4.99 Å². The van der Waals surface area contributed by atoms with E-state index in [1.165, 1.54) is 6.42 Å². The van der Waals surface area contributed by atoms with Gasteiger partial charge < -0.3 is 25.0 Å². The molecule has 0 aliphatic carbocycles. The summed E-state index contributed by atoms with van der Waals surface area (Å²) in [5.74, 6) is 1.26. The summed E-state index contributed by atoms with van der Waals surface area (Å²) < 4.78 is 11.3. The smallest absolute Gasteiger partial charge is 0.243 e. The first kappa shape index (κ1) is 21.7. The van der Waals surface area contributed by atoms with Crippen molar-refractivity contribution in [3.05, 3.63) is 0 Å². The lowest BCUT2D eigenvalue weighted by Crippen LogP contribution is -2.44. The maximum absolute atomic E-state index is 11.7. The molecule has 7 heteroatoms. The summed E-state index contributed by atoms with van der Waals surface area (Å²) in [4.78, 5) is 17.7. The molecule has 1 unspecified atom stereocenters. The van der Waals surface area contributed by atoms with Gasteiger partial charge in [0.05, 0.1) is 12.7 Å².